The average Bonchev–Trinajstić information content (AvgIpc) is 2.62. The molecule has 1 aromatic heterocycles. The van der Waals surface area contributed by atoms with E-state index < -0.39 is 0 Å². The van der Waals surface area contributed by atoms with Gasteiger partial charge >= 0.3 is 0 Å². The minimum atomic E-state index is 0.561. The largest absolute Gasteiger partial charge is 0.384 e. The number of hydrogen-bond donors (Lipinski definition) is 2. The molecule has 1 fully saturated rings. The Labute approximate surface area is 144 Å². The van der Waals surface area contributed by atoms with Gasteiger partial charge in [-0.05, 0) is 24.1 Å². The van der Waals surface area contributed by atoms with Gasteiger partial charge in [-0.2, -0.15) is 0 Å². The first-order valence-corrected chi connectivity index (χ1v) is 8.71. The van der Waals surface area contributed by atoms with E-state index in [9.17, 15) is 0 Å². The normalized spacial score (nSPS) is 16.4. The third-order valence-electron chi connectivity index (χ3n) is 4.65. The summed E-state index contributed by atoms with van der Waals surface area (Å²) in [6.07, 6.45) is 1.08. The number of anilines is 1. The molecule has 0 spiro atoms. The van der Waals surface area contributed by atoms with Crippen LogP contribution in [-0.2, 0) is 6.42 Å². The second-order valence-electron chi connectivity index (χ2n) is 6.37. The van der Waals surface area contributed by atoms with Gasteiger partial charge in [0.1, 0.15) is 5.82 Å². The van der Waals surface area contributed by atoms with Crippen LogP contribution in [0, 0.1) is 0 Å². The highest BCUT2D eigenvalue weighted by atomic mass is 15.3. The van der Waals surface area contributed by atoms with E-state index in [2.05, 4.69) is 39.0 Å². The molecule has 0 saturated carbocycles. The molecule has 128 valence electrons. The van der Waals surface area contributed by atoms with Crippen LogP contribution in [0.2, 0.25) is 0 Å². The third kappa shape index (κ3) is 4.54. The maximum atomic E-state index is 5.76. The van der Waals surface area contributed by atoms with Gasteiger partial charge in [-0.1, -0.05) is 30.3 Å². The smallest absolute Gasteiger partial charge is 0.124 e. The zero-order valence-electron chi connectivity index (χ0n) is 14.2. The summed E-state index contributed by atoms with van der Waals surface area (Å²) < 4.78 is 0. The van der Waals surface area contributed by atoms with Crippen LogP contribution in [0.3, 0.4) is 0 Å². The molecule has 0 unspecified atom stereocenters. The quantitative estimate of drug-likeness (QED) is 0.841. The van der Waals surface area contributed by atoms with Gasteiger partial charge in [0.25, 0.3) is 0 Å². The van der Waals surface area contributed by atoms with Crippen molar-refractivity contribution in [3.63, 3.8) is 0 Å². The zero-order chi connectivity index (χ0) is 16.8. The molecular weight excluding hydrogens is 298 g/mol. The third-order valence-corrected chi connectivity index (χ3v) is 4.65. The summed E-state index contributed by atoms with van der Waals surface area (Å²) in [4.78, 5) is 9.36. The van der Waals surface area contributed by atoms with E-state index >= 15 is 0 Å². The molecule has 1 aromatic carbocycles. The van der Waals surface area contributed by atoms with Crippen molar-refractivity contribution < 1.29 is 0 Å². The highest BCUT2D eigenvalue weighted by Gasteiger charge is 2.15. The first-order valence-electron chi connectivity index (χ1n) is 8.71. The number of rotatable bonds is 6. The maximum absolute atomic E-state index is 5.76. The van der Waals surface area contributed by atoms with Gasteiger partial charge in [0.15, 0.2) is 0 Å². The lowest BCUT2D eigenvalue weighted by Gasteiger charge is -2.34. The van der Waals surface area contributed by atoms with Crippen LogP contribution < -0.4 is 11.5 Å². The Balaban J connectivity index is 1.50. The van der Waals surface area contributed by atoms with Crippen LogP contribution in [0.15, 0.2) is 42.5 Å². The molecule has 1 aliphatic heterocycles. The van der Waals surface area contributed by atoms with E-state index in [4.69, 9.17) is 11.5 Å². The summed E-state index contributed by atoms with van der Waals surface area (Å²) in [6, 6.07) is 14.4. The van der Waals surface area contributed by atoms with Crippen molar-refractivity contribution in [1.29, 1.82) is 0 Å². The van der Waals surface area contributed by atoms with Gasteiger partial charge in [-0.25, -0.2) is 4.98 Å². The van der Waals surface area contributed by atoms with Gasteiger partial charge in [0, 0.05) is 51.4 Å². The van der Waals surface area contributed by atoms with Crippen LogP contribution in [0.5, 0.6) is 0 Å². The topological polar surface area (TPSA) is 71.4 Å². The van der Waals surface area contributed by atoms with E-state index in [0.29, 0.717) is 5.82 Å². The fraction of sp³-hybridized carbons (Fsp3) is 0.421. The molecular formula is C19H27N5. The van der Waals surface area contributed by atoms with Crippen molar-refractivity contribution in [3.8, 4) is 11.3 Å². The van der Waals surface area contributed by atoms with E-state index in [-0.39, 0.29) is 0 Å². The molecule has 1 saturated heterocycles. The number of nitrogens with zero attached hydrogens (tertiary/aromatic N) is 3. The van der Waals surface area contributed by atoms with E-state index in [1.165, 1.54) is 5.56 Å². The summed E-state index contributed by atoms with van der Waals surface area (Å²) in [7, 11) is 0. The summed E-state index contributed by atoms with van der Waals surface area (Å²) in [5, 5.41) is 0. The van der Waals surface area contributed by atoms with Crippen LogP contribution in [-0.4, -0.2) is 60.6 Å². The monoisotopic (exact) mass is 325 g/mol. The standard InChI is InChI=1S/C19H27N5/c20-9-11-24-14-12-23(13-15-24)10-8-16-4-6-17(7-5-16)18-2-1-3-19(21)22-18/h1-7H,8-15,20H2,(H2,21,22). The van der Waals surface area contributed by atoms with E-state index in [1.807, 2.05) is 18.2 Å². The van der Waals surface area contributed by atoms with E-state index in [1.54, 1.807) is 0 Å². The van der Waals surface area contributed by atoms with Crippen molar-refractivity contribution in [2.24, 2.45) is 5.73 Å². The van der Waals surface area contributed by atoms with Crippen molar-refractivity contribution in [2.75, 3.05) is 51.5 Å². The van der Waals surface area contributed by atoms with Gasteiger partial charge in [0.2, 0.25) is 0 Å². The minimum Gasteiger partial charge on any atom is -0.384 e. The molecule has 0 atom stereocenters. The first-order chi connectivity index (χ1) is 11.7. The number of nitrogen functional groups attached to an aromatic ring is 1. The lowest BCUT2D eigenvalue weighted by atomic mass is 10.1. The SMILES string of the molecule is NCCN1CCN(CCc2ccc(-c3cccc(N)n3)cc2)CC1. The second kappa shape index (κ2) is 8.24. The fourth-order valence-corrected chi connectivity index (χ4v) is 3.16. The Bertz CT molecular complexity index is 632. The highest BCUT2D eigenvalue weighted by Crippen LogP contribution is 2.19. The van der Waals surface area contributed by atoms with Crippen LogP contribution in [0.25, 0.3) is 11.3 Å². The Kier molecular flexibility index (Phi) is 5.80. The molecule has 5 nitrogen and oxygen atoms in total. The molecule has 5 heteroatoms. The highest BCUT2D eigenvalue weighted by molar-refractivity contribution is 5.61. The molecule has 24 heavy (non-hydrogen) atoms. The van der Waals surface area contributed by atoms with Crippen LogP contribution in [0.4, 0.5) is 5.82 Å². The molecule has 0 amide bonds. The molecule has 1 aliphatic rings. The summed E-state index contributed by atoms with van der Waals surface area (Å²) in [5.74, 6) is 0.561. The molecule has 2 aromatic rings. The summed E-state index contributed by atoms with van der Waals surface area (Å²) in [5.41, 5.74) is 14.8. The maximum Gasteiger partial charge on any atom is 0.124 e. The zero-order valence-corrected chi connectivity index (χ0v) is 14.2. The molecule has 4 N–H and O–H groups in total. The lowest BCUT2D eigenvalue weighted by molar-refractivity contribution is 0.136. The van der Waals surface area contributed by atoms with Gasteiger partial charge in [0.05, 0.1) is 5.69 Å². The first kappa shape index (κ1) is 16.9. The lowest BCUT2D eigenvalue weighted by Crippen LogP contribution is -2.48. The predicted octanol–water partition coefficient (Wildman–Crippen LogP) is 1.45. The van der Waals surface area contributed by atoms with Crippen molar-refractivity contribution in [2.45, 2.75) is 6.42 Å². The number of benzene rings is 1. The average molecular weight is 325 g/mol. The van der Waals surface area contributed by atoms with Crippen molar-refractivity contribution >= 4 is 5.82 Å². The van der Waals surface area contributed by atoms with Crippen molar-refractivity contribution in [1.82, 2.24) is 14.8 Å². The minimum absolute atomic E-state index is 0.561. The number of pyridine rings is 1. The molecule has 0 bridgehead atoms. The number of hydrogen-bond acceptors (Lipinski definition) is 5. The predicted molar refractivity (Wildman–Crippen MR) is 99.7 cm³/mol. The molecule has 3 rings (SSSR count). The molecule has 2 heterocycles. The van der Waals surface area contributed by atoms with E-state index in [0.717, 1.165) is 63.5 Å². The van der Waals surface area contributed by atoms with Crippen molar-refractivity contribution in [3.05, 3.63) is 48.0 Å². The van der Waals surface area contributed by atoms with Gasteiger partial charge in [-0.3, -0.25) is 4.90 Å². The summed E-state index contributed by atoms with van der Waals surface area (Å²) >= 11 is 0. The number of aromatic nitrogens is 1. The van der Waals surface area contributed by atoms with Gasteiger partial charge in [-0.15, -0.1) is 0 Å². The van der Waals surface area contributed by atoms with Crippen LogP contribution in [0.1, 0.15) is 5.56 Å². The molecule has 0 radical (unpaired) electrons. The fourth-order valence-electron chi connectivity index (χ4n) is 3.16. The Morgan fingerprint density at radius 1 is 0.875 bits per heavy atom. The Morgan fingerprint density at radius 2 is 1.54 bits per heavy atom. The second-order valence-corrected chi connectivity index (χ2v) is 6.37. The number of piperazine rings is 1. The molecule has 0 aliphatic carbocycles. The number of nitrogens with two attached hydrogens (primary N) is 2. The van der Waals surface area contributed by atoms with Crippen LogP contribution >= 0.6 is 0 Å². The van der Waals surface area contributed by atoms with Gasteiger partial charge < -0.3 is 16.4 Å². The Hall–Kier alpha value is -1.95. The Morgan fingerprint density at radius 3 is 2.17 bits per heavy atom. The summed E-state index contributed by atoms with van der Waals surface area (Å²) in [6.45, 7) is 7.46.